The Morgan fingerprint density at radius 2 is 2.00 bits per heavy atom. The smallest absolute Gasteiger partial charge is 0.258 e. The van der Waals surface area contributed by atoms with E-state index >= 15 is 0 Å². The zero-order valence-corrected chi connectivity index (χ0v) is 15.2. The van der Waals surface area contributed by atoms with Crippen LogP contribution in [0.3, 0.4) is 0 Å². The molecule has 1 fully saturated rings. The lowest BCUT2D eigenvalue weighted by atomic mass is 10.2. The number of carbonyl (C=O) groups is 1. The molecule has 1 aromatic carbocycles. The molecule has 0 bridgehead atoms. The molecule has 6 nitrogen and oxygen atoms in total. The summed E-state index contributed by atoms with van der Waals surface area (Å²) in [5.41, 5.74) is 1.78. The lowest BCUT2D eigenvalue weighted by Gasteiger charge is -2.15. The van der Waals surface area contributed by atoms with Crippen molar-refractivity contribution < 1.29 is 14.3 Å². The summed E-state index contributed by atoms with van der Waals surface area (Å²) in [7, 11) is 0. The Kier molecular flexibility index (Phi) is 6.64. The molecule has 1 heterocycles. The quantitative estimate of drug-likeness (QED) is 0.777. The van der Waals surface area contributed by atoms with Crippen LogP contribution in [0.15, 0.2) is 42.6 Å². The Morgan fingerprint density at radius 1 is 1.22 bits per heavy atom. The van der Waals surface area contributed by atoms with Crippen LogP contribution in [0.1, 0.15) is 36.8 Å². The van der Waals surface area contributed by atoms with Gasteiger partial charge in [-0.25, -0.2) is 4.98 Å². The first-order valence-electron chi connectivity index (χ1n) is 9.20. The predicted octanol–water partition coefficient (Wildman–Crippen LogP) is 3.16. The number of nitrogens with one attached hydrogen (secondary N) is 1. The van der Waals surface area contributed by atoms with E-state index in [9.17, 15) is 4.79 Å². The van der Waals surface area contributed by atoms with Gasteiger partial charge in [0.2, 0.25) is 5.88 Å². The van der Waals surface area contributed by atoms with Crippen LogP contribution in [-0.2, 0) is 17.8 Å². The molecule has 0 aliphatic heterocycles. The van der Waals surface area contributed by atoms with Gasteiger partial charge in [0.1, 0.15) is 11.9 Å². The highest BCUT2D eigenvalue weighted by molar-refractivity contribution is 5.77. The van der Waals surface area contributed by atoms with Crippen molar-refractivity contribution in [2.75, 3.05) is 6.61 Å². The fourth-order valence-electron chi connectivity index (χ4n) is 3.02. The van der Waals surface area contributed by atoms with Gasteiger partial charge in [-0.05, 0) is 49.4 Å². The van der Waals surface area contributed by atoms with Crippen molar-refractivity contribution in [3.05, 3.63) is 53.7 Å². The highest BCUT2D eigenvalue weighted by Crippen LogP contribution is 2.24. The van der Waals surface area contributed by atoms with E-state index in [1.807, 2.05) is 24.3 Å². The van der Waals surface area contributed by atoms with Crippen LogP contribution in [0.2, 0.25) is 0 Å². The van der Waals surface area contributed by atoms with E-state index in [2.05, 4.69) is 16.4 Å². The second-order valence-electron chi connectivity index (χ2n) is 6.54. The number of nitrogens with zero attached hydrogens (tertiary/aromatic N) is 2. The van der Waals surface area contributed by atoms with Crippen LogP contribution >= 0.6 is 0 Å². The Balaban J connectivity index is 1.47. The predicted molar refractivity (Wildman–Crippen MR) is 100 cm³/mol. The molecular weight excluding hydrogens is 342 g/mol. The van der Waals surface area contributed by atoms with Gasteiger partial charge in [-0.15, -0.1) is 0 Å². The summed E-state index contributed by atoms with van der Waals surface area (Å²) in [6.45, 7) is 0.274. The van der Waals surface area contributed by atoms with Gasteiger partial charge in [0.05, 0.1) is 12.5 Å². The lowest BCUT2D eigenvalue weighted by molar-refractivity contribution is -0.123. The lowest BCUT2D eigenvalue weighted by Crippen LogP contribution is -2.28. The number of carbonyl (C=O) groups excluding carboxylic acids is 1. The average molecular weight is 365 g/mol. The Hall–Kier alpha value is -3.07. The Labute approximate surface area is 159 Å². The van der Waals surface area contributed by atoms with Crippen molar-refractivity contribution in [3.8, 4) is 17.7 Å². The van der Waals surface area contributed by atoms with Gasteiger partial charge in [0.25, 0.3) is 5.91 Å². The highest BCUT2D eigenvalue weighted by atomic mass is 16.5. The van der Waals surface area contributed by atoms with Crippen LogP contribution in [0.5, 0.6) is 11.6 Å². The van der Waals surface area contributed by atoms with Crippen molar-refractivity contribution in [1.29, 1.82) is 5.26 Å². The zero-order valence-electron chi connectivity index (χ0n) is 15.2. The molecule has 1 aromatic heterocycles. The van der Waals surface area contributed by atoms with Crippen LogP contribution < -0.4 is 14.8 Å². The standard InChI is InChI=1S/C21H23N3O3/c22-12-11-16-7-9-18(10-8-16)26-15-20(25)24-14-17-4-3-13-23-21(17)27-19-5-1-2-6-19/h3-4,7-10,13,19H,1-2,5-6,11,14-15H2,(H,24,25). The second kappa shape index (κ2) is 9.58. The maximum atomic E-state index is 12.1. The molecule has 1 saturated carbocycles. The van der Waals surface area contributed by atoms with Gasteiger partial charge in [-0.3, -0.25) is 4.79 Å². The number of benzene rings is 1. The molecule has 0 spiro atoms. The van der Waals surface area contributed by atoms with Crippen LogP contribution in [0.25, 0.3) is 0 Å². The van der Waals surface area contributed by atoms with Gasteiger partial charge in [-0.1, -0.05) is 18.2 Å². The minimum atomic E-state index is -0.216. The van der Waals surface area contributed by atoms with Crippen molar-refractivity contribution >= 4 is 5.91 Å². The third-order valence-corrected chi connectivity index (χ3v) is 4.48. The van der Waals surface area contributed by atoms with Crippen LogP contribution in [0.4, 0.5) is 0 Å². The molecule has 0 unspecified atom stereocenters. The van der Waals surface area contributed by atoms with Crippen molar-refractivity contribution in [2.45, 2.75) is 44.8 Å². The molecule has 1 N–H and O–H groups in total. The number of amides is 1. The number of hydrogen-bond donors (Lipinski definition) is 1. The van der Waals surface area contributed by atoms with Gasteiger partial charge in [0, 0.05) is 18.3 Å². The average Bonchev–Trinajstić information content (AvgIpc) is 3.20. The summed E-state index contributed by atoms with van der Waals surface area (Å²) in [5, 5.41) is 11.5. The number of nitriles is 1. The fraction of sp³-hybridized carbons (Fsp3) is 0.381. The molecule has 6 heteroatoms. The summed E-state index contributed by atoms with van der Waals surface area (Å²) >= 11 is 0. The number of rotatable bonds is 8. The van der Waals surface area contributed by atoms with E-state index in [0.717, 1.165) is 24.0 Å². The monoisotopic (exact) mass is 365 g/mol. The summed E-state index contributed by atoms with van der Waals surface area (Å²) in [4.78, 5) is 16.4. The highest BCUT2D eigenvalue weighted by Gasteiger charge is 2.18. The maximum Gasteiger partial charge on any atom is 0.258 e. The van der Waals surface area contributed by atoms with Gasteiger partial charge >= 0.3 is 0 Å². The van der Waals surface area contributed by atoms with Gasteiger partial charge < -0.3 is 14.8 Å². The molecule has 0 radical (unpaired) electrons. The molecule has 2 aromatic rings. The SMILES string of the molecule is N#CCc1ccc(OCC(=O)NCc2cccnc2OC2CCCC2)cc1. The molecule has 1 aliphatic rings. The zero-order chi connectivity index (χ0) is 18.9. The maximum absolute atomic E-state index is 12.1. The van der Waals surface area contributed by atoms with E-state index in [1.54, 1.807) is 18.3 Å². The molecule has 140 valence electrons. The summed E-state index contributed by atoms with van der Waals surface area (Å²) in [5.74, 6) is 0.976. The Morgan fingerprint density at radius 3 is 2.74 bits per heavy atom. The minimum absolute atomic E-state index is 0.0727. The molecule has 0 atom stereocenters. The van der Waals surface area contributed by atoms with E-state index in [0.29, 0.717) is 24.6 Å². The fourth-order valence-corrected chi connectivity index (χ4v) is 3.02. The first-order chi connectivity index (χ1) is 13.2. The van der Waals surface area contributed by atoms with Crippen LogP contribution in [-0.4, -0.2) is 23.6 Å². The number of ether oxygens (including phenoxy) is 2. The molecule has 27 heavy (non-hydrogen) atoms. The van der Waals surface area contributed by atoms with E-state index in [4.69, 9.17) is 14.7 Å². The van der Waals surface area contributed by atoms with Gasteiger partial charge in [-0.2, -0.15) is 5.26 Å². The normalized spacial score (nSPS) is 13.7. The Bertz CT molecular complexity index is 793. The molecule has 0 saturated heterocycles. The third-order valence-electron chi connectivity index (χ3n) is 4.48. The van der Waals surface area contributed by atoms with E-state index in [1.165, 1.54) is 12.8 Å². The first kappa shape index (κ1) is 18.7. The summed E-state index contributed by atoms with van der Waals surface area (Å²) in [6, 6.07) is 13.0. The second-order valence-corrected chi connectivity index (χ2v) is 6.54. The third kappa shape index (κ3) is 5.71. The topological polar surface area (TPSA) is 84.2 Å². The molecule has 1 aliphatic carbocycles. The van der Waals surface area contributed by atoms with E-state index in [-0.39, 0.29) is 18.6 Å². The molecule has 3 rings (SSSR count). The van der Waals surface area contributed by atoms with Crippen molar-refractivity contribution in [3.63, 3.8) is 0 Å². The minimum Gasteiger partial charge on any atom is -0.484 e. The number of pyridine rings is 1. The van der Waals surface area contributed by atoms with Crippen molar-refractivity contribution in [1.82, 2.24) is 10.3 Å². The molecule has 1 amide bonds. The van der Waals surface area contributed by atoms with Crippen LogP contribution in [0, 0.1) is 11.3 Å². The number of hydrogen-bond acceptors (Lipinski definition) is 5. The van der Waals surface area contributed by atoms with Gasteiger partial charge in [0.15, 0.2) is 6.61 Å². The number of aromatic nitrogens is 1. The van der Waals surface area contributed by atoms with E-state index < -0.39 is 0 Å². The van der Waals surface area contributed by atoms with Crippen molar-refractivity contribution in [2.24, 2.45) is 0 Å². The summed E-state index contributed by atoms with van der Waals surface area (Å²) < 4.78 is 11.5. The molecular formula is C21H23N3O3. The largest absolute Gasteiger partial charge is 0.484 e. The summed E-state index contributed by atoms with van der Waals surface area (Å²) in [6.07, 6.45) is 6.79. The first-order valence-corrected chi connectivity index (χ1v) is 9.20.